The average Bonchev–Trinajstić information content (AvgIpc) is 2.19. The number of hydrogen-bond donors (Lipinski definition) is 1. The minimum Gasteiger partial charge on any atom is -0.255 e. The van der Waals surface area contributed by atoms with Crippen LogP contribution in [0.4, 0.5) is 0 Å². The van der Waals surface area contributed by atoms with Gasteiger partial charge in [-0.05, 0) is 50.0 Å². The summed E-state index contributed by atoms with van der Waals surface area (Å²) in [4.78, 5) is 1.41. The molecule has 0 aromatic carbocycles. The van der Waals surface area contributed by atoms with Gasteiger partial charge in [-0.3, -0.25) is 4.72 Å². The van der Waals surface area contributed by atoms with E-state index in [0.29, 0.717) is 0 Å². The Bertz CT molecular complexity index is 238. The van der Waals surface area contributed by atoms with Gasteiger partial charge in [0.15, 0.2) is 0 Å². The molecule has 0 saturated carbocycles. The number of rotatable bonds is 2. The molecule has 1 N–H and O–H groups in total. The second-order valence-corrected chi connectivity index (χ2v) is 6.15. The number of allylic oxidation sites excluding steroid dienone is 4. The first-order valence-corrected chi connectivity index (χ1v) is 7.07. The van der Waals surface area contributed by atoms with Gasteiger partial charge in [0.1, 0.15) is 0 Å². The zero-order valence-corrected chi connectivity index (χ0v) is 12.8. The SMILES string of the molecule is CC.CC(C)(C)NSC1=CC=C(Br)CC1. The van der Waals surface area contributed by atoms with Gasteiger partial charge < -0.3 is 0 Å². The highest BCUT2D eigenvalue weighted by Crippen LogP contribution is 2.29. The van der Waals surface area contributed by atoms with Crippen molar-refractivity contribution in [3.63, 3.8) is 0 Å². The highest BCUT2D eigenvalue weighted by atomic mass is 79.9. The molecule has 0 aliphatic heterocycles. The molecule has 0 amide bonds. The summed E-state index contributed by atoms with van der Waals surface area (Å²) in [5.41, 5.74) is 0.184. The van der Waals surface area contributed by atoms with Gasteiger partial charge in [-0.15, -0.1) is 0 Å². The molecule has 1 aliphatic rings. The van der Waals surface area contributed by atoms with Crippen molar-refractivity contribution in [2.75, 3.05) is 0 Å². The normalized spacial score (nSPS) is 16.1. The van der Waals surface area contributed by atoms with Gasteiger partial charge in [-0.1, -0.05) is 41.9 Å². The lowest BCUT2D eigenvalue weighted by atomic mass is 10.1. The summed E-state index contributed by atoms with van der Waals surface area (Å²) in [6.45, 7) is 10.5. The second-order valence-electron chi connectivity index (χ2n) is 4.20. The summed E-state index contributed by atoms with van der Waals surface area (Å²) in [6.07, 6.45) is 6.59. The van der Waals surface area contributed by atoms with Crippen LogP contribution in [0.5, 0.6) is 0 Å². The van der Waals surface area contributed by atoms with Gasteiger partial charge in [0.2, 0.25) is 0 Å². The Balaban J connectivity index is 0.000000921. The van der Waals surface area contributed by atoms with Crippen molar-refractivity contribution in [2.24, 2.45) is 0 Å². The Labute approximate surface area is 107 Å². The summed E-state index contributed by atoms with van der Waals surface area (Å²) >= 11 is 5.25. The average molecular weight is 292 g/mol. The topological polar surface area (TPSA) is 12.0 Å². The maximum Gasteiger partial charge on any atom is 0.0201 e. The minimum atomic E-state index is 0.184. The molecule has 1 nitrogen and oxygen atoms in total. The molecule has 0 fully saturated rings. The van der Waals surface area contributed by atoms with E-state index >= 15 is 0 Å². The van der Waals surface area contributed by atoms with E-state index in [1.807, 2.05) is 13.8 Å². The summed E-state index contributed by atoms with van der Waals surface area (Å²) < 4.78 is 4.71. The number of halogens is 1. The third-order valence-corrected chi connectivity index (χ3v) is 3.53. The van der Waals surface area contributed by atoms with Crippen molar-refractivity contribution in [2.45, 2.75) is 53.0 Å². The monoisotopic (exact) mass is 291 g/mol. The molecule has 15 heavy (non-hydrogen) atoms. The summed E-state index contributed by atoms with van der Waals surface area (Å²) in [5, 5.41) is 0. The van der Waals surface area contributed by atoms with Gasteiger partial charge >= 0.3 is 0 Å². The van der Waals surface area contributed by atoms with Crippen LogP contribution in [0.15, 0.2) is 21.5 Å². The highest BCUT2D eigenvalue weighted by Gasteiger charge is 2.11. The quantitative estimate of drug-likeness (QED) is 0.718. The predicted octanol–water partition coefficient (Wildman–Crippen LogP) is 5.01. The lowest BCUT2D eigenvalue weighted by Crippen LogP contribution is -2.30. The van der Waals surface area contributed by atoms with Crippen molar-refractivity contribution < 1.29 is 0 Å². The van der Waals surface area contributed by atoms with Crippen molar-refractivity contribution in [1.82, 2.24) is 4.72 Å². The van der Waals surface area contributed by atoms with E-state index in [1.54, 1.807) is 11.9 Å². The van der Waals surface area contributed by atoms with E-state index in [2.05, 4.69) is 53.6 Å². The maximum atomic E-state index is 3.49. The molecule has 88 valence electrons. The van der Waals surface area contributed by atoms with Gasteiger partial charge in [0, 0.05) is 10.4 Å². The van der Waals surface area contributed by atoms with Gasteiger partial charge in [-0.25, -0.2) is 0 Å². The fourth-order valence-electron chi connectivity index (χ4n) is 0.896. The molecule has 0 atom stereocenters. The lowest BCUT2D eigenvalue weighted by molar-refractivity contribution is 0.536. The first kappa shape index (κ1) is 15.3. The van der Waals surface area contributed by atoms with Crippen molar-refractivity contribution in [1.29, 1.82) is 0 Å². The highest BCUT2D eigenvalue weighted by molar-refractivity contribution is 9.11. The zero-order valence-electron chi connectivity index (χ0n) is 10.4. The second kappa shape index (κ2) is 7.53. The van der Waals surface area contributed by atoms with Crippen molar-refractivity contribution >= 4 is 27.9 Å². The minimum absolute atomic E-state index is 0.184. The Kier molecular flexibility index (Phi) is 7.66. The van der Waals surface area contributed by atoms with E-state index in [9.17, 15) is 0 Å². The number of nitrogens with one attached hydrogen (secondary N) is 1. The Hall–Kier alpha value is 0.270. The molecule has 0 radical (unpaired) electrons. The Morgan fingerprint density at radius 1 is 1.20 bits per heavy atom. The molecule has 0 aromatic heterocycles. The molecule has 1 rings (SSSR count). The third kappa shape index (κ3) is 8.12. The van der Waals surface area contributed by atoms with Crippen LogP contribution in [0.25, 0.3) is 0 Å². The molecule has 3 heteroatoms. The smallest absolute Gasteiger partial charge is 0.0201 e. The molecule has 0 heterocycles. The van der Waals surface area contributed by atoms with E-state index < -0.39 is 0 Å². The van der Waals surface area contributed by atoms with Gasteiger partial charge in [-0.2, -0.15) is 0 Å². The van der Waals surface area contributed by atoms with E-state index in [-0.39, 0.29) is 5.54 Å². The maximum absolute atomic E-state index is 3.49. The van der Waals surface area contributed by atoms with Crippen LogP contribution < -0.4 is 4.72 Å². The molecule has 0 aromatic rings. The van der Waals surface area contributed by atoms with Crippen LogP contribution in [0, 0.1) is 0 Å². The van der Waals surface area contributed by atoms with Crippen LogP contribution in [0.1, 0.15) is 47.5 Å². The van der Waals surface area contributed by atoms with Crippen LogP contribution in [0.2, 0.25) is 0 Å². The molecule has 0 spiro atoms. The molecular formula is C12H22BrNS. The van der Waals surface area contributed by atoms with Gasteiger partial charge in [0.25, 0.3) is 0 Å². The van der Waals surface area contributed by atoms with Gasteiger partial charge in [0.05, 0.1) is 0 Å². The Morgan fingerprint density at radius 3 is 2.20 bits per heavy atom. The Morgan fingerprint density at radius 2 is 1.80 bits per heavy atom. The standard InChI is InChI=1S/C10H16BrNS.C2H6/c1-10(2,3)12-13-9-6-4-8(11)5-7-9;1-2/h4,6,12H,5,7H2,1-3H3;1-2H3. The van der Waals surface area contributed by atoms with E-state index in [4.69, 9.17) is 0 Å². The molecular weight excluding hydrogens is 270 g/mol. The predicted molar refractivity (Wildman–Crippen MR) is 76.2 cm³/mol. The largest absolute Gasteiger partial charge is 0.255 e. The fraction of sp³-hybridized carbons (Fsp3) is 0.667. The van der Waals surface area contributed by atoms with Crippen LogP contribution in [-0.2, 0) is 0 Å². The van der Waals surface area contributed by atoms with Crippen LogP contribution in [-0.4, -0.2) is 5.54 Å². The summed E-state index contributed by atoms with van der Waals surface area (Å²) in [5.74, 6) is 0. The first-order chi connectivity index (χ1) is 6.97. The van der Waals surface area contributed by atoms with E-state index in [1.165, 1.54) is 9.39 Å². The lowest BCUT2D eigenvalue weighted by Gasteiger charge is -2.21. The molecule has 0 unspecified atom stereocenters. The molecule has 1 aliphatic carbocycles. The number of hydrogen-bond acceptors (Lipinski definition) is 2. The first-order valence-electron chi connectivity index (χ1n) is 5.47. The van der Waals surface area contributed by atoms with Crippen LogP contribution in [0.3, 0.4) is 0 Å². The zero-order chi connectivity index (χ0) is 11.9. The fourth-order valence-corrected chi connectivity index (χ4v) is 2.00. The van der Waals surface area contributed by atoms with Crippen molar-refractivity contribution in [3.05, 3.63) is 21.5 Å². The third-order valence-electron chi connectivity index (χ3n) is 1.55. The molecule has 0 bridgehead atoms. The summed E-state index contributed by atoms with van der Waals surface area (Å²) in [7, 11) is 0. The van der Waals surface area contributed by atoms with E-state index in [0.717, 1.165) is 12.8 Å². The van der Waals surface area contributed by atoms with Crippen molar-refractivity contribution in [3.8, 4) is 0 Å². The molecule has 0 saturated heterocycles. The van der Waals surface area contributed by atoms with Crippen LogP contribution >= 0.6 is 27.9 Å². The summed E-state index contributed by atoms with van der Waals surface area (Å²) in [6, 6.07) is 0.